The fourth-order valence-electron chi connectivity index (χ4n) is 1.37. The first kappa shape index (κ1) is 9.49. The third-order valence-electron chi connectivity index (χ3n) is 2.03. The summed E-state index contributed by atoms with van der Waals surface area (Å²) in [5.41, 5.74) is 1.14. The second kappa shape index (κ2) is 3.26. The van der Waals surface area contributed by atoms with Crippen molar-refractivity contribution in [1.82, 2.24) is 4.98 Å². The lowest BCUT2D eigenvalue weighted by molar-refractivity contribution is 0.194. The molecule has 0 aromatic carbocycles. The molecule has 1 N–H and O–H groups in total. The van der Waals surface area contributed by atoms with Crippen LogP contribution in [0.25, 0.3) is 11.0 Å². The first-order valence-electron chi connectivity index (χ1n) is 4.32. The van der Waals surface area contributed by atoms with E-state index in [2.05, 4.69) is 4.98 Å². The van der Waals surface area contributed by atoms with Gasteiger partial charge in [-0.1, -0.05) is 11.6 Å². The molecule has 1 atom stereocenters. The van der Waals surface area contributed by atoms with E-state index in [9.17, 15) is 5.11 Å². The van der Waals surface area contributed by atoms with Gasteiger partial charge in [0.25, 0.3) is 0 Å². The fourth-order valence-corrected chi connectivity index (χ4v) is 1.62. The molecule has 74 valence electrons. The first-order chi connectivity index (χ1) is 6.58. The van der Waals surface area contributed by atoms with Gasteiger partial charge in [0.1, 0.15) is 5.76 Å². The van der Waals surface area contributed by atoms with Crippen molar-refractivity contribution in [3.05, 3.63) is 28.7 Å². The van der Waals surface area contributed by atoms with Gasteiger partial charge >= 0.3 is 0 Å². The number of hydrogen-bond donors (Lipinski definition) is 1. The van der Waals surface area contributed by atoms with E-state index in [-0.39, 0.29) is 0 Å². The van der Waals surface area contributed by atoms with E-state index in [1.165, 1.54) is 0 Å². The van der Waals surface area contributed by atoms with Gasteiger partial charge in [-0.25, -0.2) is 4.98 Å². The lowest BCUT2D eigenvalue weighted by Crippen LogP contribution is -1.95. The summed E-state index contributed by atoms with van der Waals surface area (Å²) in [6, 6.07) is 3.65. The highest BCUT2D eigenvalue weighted by atomic mass is 35.5. The van der Waals surface area contributed by atoms with Crippen LogP contribution in [0.4, 0.5) is 0 Å². The Morgan fingerprint density at radius 3 is 2.86 bits per heavy atom. The first-order valence-corrected chi connectivity index (χ1v) is 4.70. The summed E-state index contributed by atoms with van der Waals surface area (Å²) < 4.78 is 5.36. The number of aryl methyl sites for hydroxylation is 1. The Morgan fingerprint density at radius 1 is 1.50 bits per heavy atom. The number of aromatic nitrogens is 1. The van der Waals surface area contributed by atoms with E-state index in [0.29, 0.717) is 16.4 Å². The standard InChI is InChI=1S/C10H10ClNO2/c1-5-3-7-4-8(6(2)13)12-10(11)9(7)14-5/h3-4,6,13H,1-2H3. The predicted molar refractivity (Wildman–Crippen MR) is 54.4 cm³/mol. The Labute approximate surface area is 86.3 Å². The summed E-state index contributed by atoms with van der Waals surface area (Å²) in [5, 5.41) is 10.5. The largest absolute Gasteiger partial charge is 0.458 e. The van der Waals surface area contributed by atoms with Gasteiger partial charge < -0.3 is 9.52 Å². The number of aliphatic hydroxyl groups excluding tert-OH is 1. The van der Waals surface area contributed by atoms with E-state index in [0.717, 1.165) is 11.1 Å². The van der Waals surface area contributed by atoms with Gasteiger partial charge in [0.15, 0.2) is 10.7 Å². The van der Waals surface area contributed by atoms with Gasteiger partial charge in [0.2, 0.25) is 0 Å². The van der Waals surface area contributed by atoms with Crippen LogP contribution in [0.1, 0.15) is 24.5 Å². The molecule has 0 fully saturated rings. The van der Waals surface area contributed by atoms with E-state index in [4.69, 9.17) is 16.0 Å². The van der Waals surface area contributed by atoms with Gasteiger partial charge in [-0.2, -0.15) is 0 Å². The highest BCUT2D eigenvalue weighted by Gasteiger charge is 2.11. The van der Waals surface area contributed by atoms with Gasteiger partial charge in [-0.15, -0.1) is 0 Å². The molecule has 0 radical (unpaired) electrons. The Morgan fingerprint density at radius 2 is 2.21 bits per heavy atom. The minimum Gasteiger partial charge on any atom is -0.458 e. The molecule has 0 aliphatic heterocycles. The molecule has 0 aliphatic carbocycles. The lowest BCUT2D eigenvalue weighted by atomic mass is 10.2. The molecular formula is C10H10ClNO2. The molecule has 0 bridgehead atoms. The summed E-state index contributed by atoms with van der Waals surface area (Å²) in [4.78, 5) is 4.04. The molecule has 2 aromatic heterocycles. The normalized spacial score (nSPS) is 13.4. The van der Waals surface area contributed by atoms with Crippen LogP contribution in [0, 0.1) is 6.92 Å². The van der Waals surface area contributed by atoms with Crippen molar-refractivity contribution < 1.29 is 9.52 Å². The van der Waals surface area contributed by atoms with E-state index >= 15 is 0 Å². The highest BCUT2D eigenvalue weighted by molar-refractivity contribution is 6.33. The van der Waals surface area contributed by atoms with E-state index in [1.54, 1.807) is 13.0 Å². The van der Waals surface area contributed by atoms with Crippen LogP contribution in [0.15, 0.2) is 16.5 Å². The number of halogens is 1. The van der Waals surface area contributed by atoms with Crippen LogP contribution in [0.3, 0.4) is 0 Å². The van der Waals surface area contributed by atoms with Crippen molar-refractivity contribution in [2.24, 2.45) is 0 Å². The summed E-state index contributed by atoms with van der Waals surface area (Å²) >= 11 is 5.90. The third-order valence-corrected chi connectivity index (χ3v) is 2.29. The molecule has 0 amide bonds. The van der Waals surface area contributed by atoms with Crippen molar-refractivity contribution in [2.75, 3.05) is 0 Å². The van der Waals surface area contributed by atoms with Crippen molar-refractivity contribution in [3.8, 4) is 0 Å². The highest BCUT2D eigenvalue weighted by Crippen LogP contribution is 2.27. The van der Waals surface area contributed by atoms with Gasteiger partial charge in [0.05, 0.1) is 11.8 Å². The Hall–Kier alpha value is -1.06. The Bertz CT molecular complexity index is 476. The minimum atomic E-state index is -0.618. The summed E-state index contributed by atoms with van der Waals surface area (Å²) in [7, 11) is 0. The number of hydrogen-bond acceptors (Lipinski definition) is 3. The molecular weight excluding hydrogens is 202 g/mol. The number of rotatable bonds is 1. The average molecular weight is 212 g/mol. The average Bonchev–Trinajstić information content (AvgIpc) is 2.45. The molecule has 0 saturated heterocycles. The van der Waals surface area contributed by atoms with E-state index in [1.807, 2.05) is 13.0 Å². The topological polar surface area (TPSA) is 46.3 Å². The molecule has 2 heterocycles. The maximum absolute atomic E-state index is 9.36. The van der Waals surface area contributed by atoms with Crippen molar-refractivity contribution >= 4 is 22.6 Å². The zero-order valence-corrected chi connectivity index (χ0v) is 8.67. The van der Waals surface area contributed by atoms with Gasteiger partial charge in [-0.05, 0) is 26.0 Å². The van der Waals surface area contributed by atoms with Gasteiger partial charge in [0, 0.05) is 5.39 Å². The van der Waals surface area contributed by atoms with Crippen LogP contribution in [0.2, 0.25) is 5.15 Å². The fraction of sp³-hybridized carbons (Fsp3) is 0.300. The number of aliphatic hydroxyl groups is 1. The molecule has 2 rings (SSSR count). The van der Waals surface area contributed by atoms with Crippen LogP contribution in [-0.2, 0) is 0 Å². The maximum atomic E-state index is 9.36. The molecule has 4 heteroatoms. The summed E-state index contributed by atoms with van der Waals surface area (Å²) in [6.45, 7) is 3.50. The number of furan rings is 1. The molecule has 2 aromatic rings. The summed E-state index contributed by atoms with van der Waals surface area (Å²) in [6.07, 6.45) is -0.618. The lowest BCUT2D eigenvalue weighted by Gasteiger charge is -2.03. The second-order valence-electron chi connectivity index (χ2n) is 3.29. The van der Waals surface area contributed by atoms with Crippen LogP contribution in [-0.4, -0.2) is 10.1 Å². The third kappa shape index (κ3) is 1.49. The Balaban J connectivity index is 2.71. The predicted octanol–water partition coefficient (Wildman–Crippen LogP) is 2.84. The van der Waals surface area contributed by atoms with Crippen LogP contribution < -0.4 is 0 Å². The molecule has 0 saturated carbocycles. The number of pyridine rings is 1. The van der Waals surface area contributed by atoms with Gasteiger partial charge in [-0.3, -0.25) is 0 Å². The minimum absolute atomic E-state index is 0.298. The van der Waals surface area contributed by atoms with Crippen LogP contribution >= 0.6 is 11.6 Å². The molecule has 3 nitrogen and oxygen atoms in total. The van der Waals surface area contributed by atoms with Crippen molar-refractivity contribution in [3.63, 3.8) is 0 Å². The Kier molecular flexibility index (Phi) is 2.21. The van der Waals surface area contributed by atoms with Crippen molar-refractivity contribution in [1.29, 1.82) is 0 Å². The maximum Gasteiger partial charge on any atom is 0.172 e. The number of fused-ring (bicyclic) bond motifs is 1. The number of nitrogens with zero attached hydrogens (tertiary/aromatic N) is 1. The van der Waals surface area contributed by atoms with Crippen molar-refractivity contribution in [2.45, 2.75) is 20.0 Å². The smallest absolute Gasteiger partial charge is 0.172 e. The molecule has 1 unspecified atom stereocenters. The van der Waals surface area contributed by atoms with E-state index < -0.39 is 6.10 Å². The second-order valence-corrected chi connectivity index (χ2v) is 3.65. The molecule has 14 heavy (non-hydrogen) atoms. The molecule has 0 spiro atoms. The monoisotopic (exact) mass is 211 g/mol. The quantitative estimate of drug-likeness (QED) is 0.738. The zero-order valence-electron chi connectivity index (χ0n) is 7.91. The zero-order chi connectivity index (χ0) is 10.3. The summed E-state index contributed by atoms with van der Waals surface area (Å²) in [5.74, 6) is 0.784. The SMILES string of the molecule is Cc1cc2cc(C(C)O)nc(Cl)c2o1. The van der Waals surface area contributed by atoms with Crippen LogP contribution in [0.5, 0.6) is 0 Å². The molecule has 0 aliphatic rings.